The Bertz CT molecular complexity index is 513. The van der Waals surface area contributed by atoms with E-state index in [0.29, 0.717) is 11.5 Å². The molecule has 1 aliphatic rings. The van der Waals surface area contributed by atoms with Gasteiger partial charge in [0.1, 0.15) is 11.6 Å². The highest BCUT2D eigenvalue weighted by Gasteiger charge is 2.10. The number of likely N-dealkylation sites (tertiary alicyclic amines) is 1. The summed E-state index contributed by atoms with van der Waals surface area (Å²) in [5.41, 5.74) is 0.294. The second-order valence-electron chi connectivity index (χ2n) is 5.84. The summed E-state index contributed by atoms with van der Waals surface area (Å²) in [5, 5.41) is 6.21. The molecular weight excluding hydrogens is 298 g/mol. The maximum Gasteiger partial charge on any atom is 0.191 e. The van der Waals surface area contributed by atoms with E-state index < -0.39 is 11.6 Å². The molecule has 0 amide bonds. The molecule has 1 fully saturated rings. The normalized spacial score (nSPS) is 15.9. The molecule has 0 bridgehead atoms. The number of hydrogen-bond donors (Lipinski definition) is 2. The zero-order valence-electron chi connectivity index (χ0n) is 13.7. The predicted molar refractivity (Wildman–Crippen MR) is 89.5 cm³/mol. The van der Waals surface area contributed by atoms with Crippen LogP contribution in [0.3, 0.4) is 0 Å². The maximum absolute atomic E-state index is 13.6. The van der Waals surface area contributed by atoms with Gasteiger partial charge in [0.15, 0.2) is 5.96 Å². The Morgan fingerprint density at radius 1 is 1.17 bits per heavy atom. The molecule has 128 valence electrons. The fourth-order valence-electron chi connectivity index (χ4n) is 2.75. The third kappa shape index (κ3) is 6.14. The molecule has 0 radical (unpaired) electrons. The first-order valence-corrected chi connectivity index (χ1v) is 8.30. The molecule has 0 unspecified atom stereocenters. The van der Waals surface area contributed by atoms with Crippen LogP contribution >= 0.6 is 0 Å². The van der Waals surface area contributed by atoms with Crippen LogP contribution in [0.1, 0.15) is 31.2 Å². The first kappa shape index (κ1) is 17.7. The highest BCUT2D eigenvalue weighted by atomic mass is 19.1. The minimum atomic E-state index is -0.437. The van der Waals surface area contributed by atoms with E-state index in [1.165, 1.54) is 32.0 Å². The molecule has 0 atom stereocenters. The zero-order valence-corrected chi connectivity index (χ0v) is 13.7. The molecule has 0 spiro atoms. The molecular formula is C17H26F2N4. The largest absolute Gasteiger partial charge is 0.356 e. The highest BCUT2D eigenvalue weighted by molar-refractivity contribution is 5.79. The molecule has 4 nitrogen and oxygen atoms in total. The number of nitrogens with zero attached hydrogens (tertiary/aromatic N) is 2. The molecule has 2 N–H and O–H groups in total. The van der Waals surface area contributed by atoms with Gasteiger partial charge in [-0.25, -0.2) is 8.78 Å². The number of benzene rings is 1. The summed E-state index contributed by atoms with van der Waals surface area (Å²) in [6, 6.07) is 3.46. The van der Waals surface area contributed by atoms with Crippen molar-refractivity contribution < 1.29 is 8.78 Å². The summed E-state index contributed by atoms with van der Waals surface area (Å²) in [6.45, 7) is 4.64. The molecule has 1 saturated heterocycles. The van der Waals surface area contributed by atoms with Crippen molar-refractivity contribution in [1.29, 1.82) is 0 Å². The average molecular weight is 324 g/mol. The number of halogens is 2. The zero-order chi connectivity index (χ0) is 16.5. The van der Waals surface area contributed by atoms with Gasteiger partial charge < -0.3 is 15.5 Å². The monoisotopic (exact) mass is 324 g/mol. The lowest BCUT2D eigenvalue weighted by molar-refractivity contribution is 0.330. The Morgan fingerprint density at radius 2 is 1.96 bits per heavy atom. The molecule has 1 heterocycles. The Labute approximate surface area is 137 Å². The topological polar surface area (TPSA) is 39.7 Å². The molecule has 0 aromatic heterocycles. The van der Waals surface area contributed by atoms with Crippen LogP contribution in [0.5, 0.6) is 0 Å². The van der Waals surface area contributed by atoms with Crippen LogP contribution in [-0.4, -0.2) is 44.1 Å². The van der Waals surface area contributed by atoms with Gasteiger partial charge in [-0.05, 0) is 63.5 Å². The third-order valence-electron chi connectivity index (χ3n) is 4.07. The van der Waals surface area contributed by atoms with Crippen molar-refractivity contribution in [1.82, 2.24) is 15.5 Å². The number of unbranched alkanes of at least 4 members (excludes halogenated alkanes) is 1. The van der Waals surface area contributed by atoms with E-state index in [2.05, 4.69) is 20.5 Å². The fraction of sp³-hybridized carbons (Fsp3) is 0.588. The summed E-state index contributed by atoms with van der Waals surface area (Å²) < 4.78 is 26.7. The van der Waals surface area contributed by atoms with Gasteiger partial charge in [0.05, 0.1) is 0 Å². The second kappa shape index (κ2) is 9.45. The molecule has 0 aliphatic carbocycles. The van der Waals surface area contributed by atoms with Crippen molar-refractivity contribution in [2.75, 3.05) is 33.2 Å². The van der Waals surface area contributed by atoms with E-state index >= 15 is 0 Å². The lowest BCUT2D eigenvalue weighted by Gasteiger charge is -2.15. The third-order valence-corrected chi connectivity index (χ3v) is 4.07. The van der Waals surface area contributed by atoms with Gasteiger partial charge in [-0.3, -0.25) is 4.99 Å². The van der Waals surface area contributed by atoms with Crippen LogP contribution in [0.25, 0.3) is 0 Å². The first-order chi connectivity index (χ1) is 11.2. The summed E-state index contributed by atoms with van der Waals surface area (Å²) in [6.07, 6.45) is 4.87. The molecule has 1 aromatic rings. The van der Waals surface area contributed by atoms with Crippen molar-refractivity contribution in [3.8, 4) is 0 Å². The van der Waals surface area contributed by atoms with Crippen LogP contribution in [0, 0.1) is 11.6 Å². The molecule has 6 heteroatoms. The van der Waals surface area contributed by atoms with Crippen LogP contribution in [-0.2, 0) is 6.54 Å². The van der Waals surface area contributed by atoms with Crippen molar-refractivity contribution in [2.45, 2.75) is 32.2 Å². The second-order valence-corrected chi connectivity index (χ2v) is 5.84. The number of nitrogens with one attached hydrogen (secondary N) is 2. The van der Waals surface area contributed by atoms with E-state index in [0.717, 1.165) is 38.1 Å². The number of guanidine groups is 1. The smallest absolute Gasteiger partial charge is 0.191 e. The molecule has 23 heavy (non-hydrogen) atoms. The van der Waals surface area contributed by atoms with Crippen LogP contribution < -0.4 is 10.6 Å². The van der Waals surface area contributed by atoms with Gasteiger partial charge in [-0.2, -0.15) is 0 Å². The maximum atomic E-state index is 13.6. The number of rotatable bonds is 7. The predicted octanol–water partition coefficient (Wildman–Crippen LogP) is 2.51. The quantitative estimate of drug-likeness (QED) is 0.460. The first-order valence-electron chi connectivity index (χ1n) is 8.30. The lowest BCUT2D eigenvalue weighted by Crippen LogP contribution is -2.37. The summed E-state index contributed by atoms with van der Waals surface area (Å²) in [7, 11) is 1.67. The molecule has 2 rings (SSSR count). The van der Waals surface area contributed by atoms with Crippen molar-refractivity contribution in [3.05, 3.63) is 35.4 Å². The average Bonchev–Trinajstić information content (AvgIpc) is 3.06. The van der Waals surface area contributed by atoms with Crippen molar-refractivity contribution in [2.24, 2.45) is 4.99 Å². The van der Waals surface area contributed by atoms with Crippen LogP contribution in [0.2, 0.25) is 0 Å². The number of hydrogen-bond acceptors (Lipinski definition) is 2. The van der Waals surface area contributed by atoms with Gasteiger partial charge >= 0.3 is 0 Å². The van der Waals surface area contributed by atoms with Crippen LogP contribution in [0.15, 0.2) is 23.2 Å². The summed E-state index contributed by atoms with van der Waals surface area (Å²) in [5.74, 6) is -0.247. The van der Waals surface area contributed by atoms with Crippen LogP contribution in [0.4, 0.5) is 8.78 Å². The SMILES string of the molecule is CN=C(NCCCCN1CCCC1)NCc1cc(F)ccc1F. The Balaban J connectivity index is 1.64. The van der Waals surface area contributed by atoms with E-state index in [1.807, 2.05) is 0 Å². The standard InChI is InChI=1S/C17H26F2N4/c1-20-17(21-8-2-3-9-23-10-4-5-11-23)22-13-14-12-15(18)6-7-16(14)19/h6-7,12H,2-5,8-11,13H2,1H3,(H2,20,21,22). The van der Waals surface area contributed by atoms with Gasteiger partial charge in [0, 0.05) is 25.7 Å². The fourth-order valence-corrected chi connectivity index (χ4v) is 2.75. The summed E-state index contributed by atoms with van der Waals surface area (Å²) in [4.78, 5) is 6.60. The van der Waals surface area contributed by atoms with Gasteiger partial charge in [-0.1, -0.05) is 0 Å². The Morgan fingerprint density at radius 3 is 2.70 bits per heavy atom. The highest BCUT2D eigenvalue weighted by Crippen LogP contribution is 2.09. The molecule has 0 saturated carbocycles. The molecule has 1 aliphatic heterocycles. The minimum absolute atomic E-state index is 0.205. The summed E-state index contributed by atoms with van der Waals surface area (Å²) >= 11 is 0. The van der Waals surface area contributed by atoms with Crippen molar-refractivity contribution >= 4 is 5.96 Å². The van der Waals surface area contributed by atoms with E-state index in [-0.39, 0.29) is 6.54 Å². The Kier molecular flexibility index (Phi) is 7.26. The molecule has 1 aromatic carbocycles. The minimum Gasteiger partial charge on any atom is -0.356 e. The van der Waals surface area contributed by atoms with E-state index in [4.69, 9.17) is 0 Å². The van der Waals surface area contributed by atoms with Gasteiger partial charge in [-0.15, -0.1) is 0 Å². The van der Waals surface area contributed by atoms with Gasteiger partial charge in [0.2, 0.25) is 0 Å². The Hall–Kier alpha value is -1.69. The number of aliphatic imine (C=N–C) groups is 1. The van der Waals surface area contributed by atoms with E-state index in [1.54, 1.807) is 7.05 Å². The van der Waals surface area contributed by atoms with Crippen molar-refractivity contribution in [3.63, 3.8) is 0 Å². The van der Waals surface area contributed by atoms with Gasteiger partial charge in [0.25, 0.3) is 0 Å². The lowest BCUT2D eigenvalue weighted by atomic mass is 10.2. The van der Waals surface area contributed by atoms with E-state index in [9.17, 15) is 8.78 Å².